The maximum atomic E-state index is 5.87. The predicted molar refractivity (Wildman–Crippen MR) is 66.9 cm³/mol. The molecule has 1 saturated heterocycles. The van der Waals surface area contributed by atoms with Crippen LogP contribution in [0, 0.1) is 0 Å². The molecule has 1 aromatic heterocycles. The predicted octanol–water partition coefficient (Wildman–Crippen LogP) is 0.709. The maximum Gasteiger partial charge on any atom is 0.0962 e. The van der Waals surface area contributed by atoms with Crippen LogP contribution in [-0.2, 0) is 22.6 Å². The molecule has 0 saturated carbocycles. The molecular weight excluding hydrogens is 232 g/mol. The molecular formula is C12H22N4O2. The highest BCUT2D eigenvalue weighted by Crippen LogP contribution is 2.21. The molecule has 18 heavy (non-hydrogen) atoms. The zero-order valence-corrected chi connectivity index (χ0v) is 11.1. The van der Waals surface area contributed by atoms with Gasteiger partial charge in [-0.2, -0.15) is 0 Å². The average molecular weight is 254 g/mol. The molecule has 1 aliphatic rings. The van der Waals surface area contributed by atoms with E-state index in [2.05, 4.69) is 24.2 Å². The molecule has 102 valence electrons. The Balaban J connectivity index is 1.71. The highest BCUT2D eigenvalue weighted by Gasteiger charge is 2.24. The van der Waals surface area contributed by atoms with Crippen LogP contribution in [0.3, 0.4) is 0 Å². The Morgan fingerprint density at radius 2 is 2.17 bits per heavy atom. The van der Waals surface area contributed by atoms with Gasteiger partial charge in [0.2, 0.25) is 0 Å². The number of hydrogen-bond donors (Lipinski definition) is 1. The minimum absolute atomic E-state index is 0.286. The van der Waals surface area contributed by atoms with Crippen molar-refractivity contribution in [1.29, 1.82) is 0 Å². The first-order valence-corrected chi connectivity index (χ1v) is 6.53. The molecule has 6 nitrogen and oxygen atoms in total. The minimum atomic E-state index is 0.286. The zero-order valence-electron chi connectivity index (χ0n) is 11.1. The second-order valence-corrected chi connectivity index (χ2v) is 4.90. The number of hydrogen-bond acceptors (Lipinski definition) is 5. The maximum absolute atomic E-state index is 5.87. The van der Waals surface area contributed by atoms with Crippen molar-refractivity contribution in [3.8, 4) is 0 Å². The molecule has 2 atom stereocenters. The minimum Gasteiger partial charge on any atom is -0.376 e. The molecule has 0 amide bonds. The van der Waals surface area contributed by atoms with Crippen LogP contribution in [-0.4, -0.2) is 39.9 Å². The fourth-order valence-electron chi connectivity index (χ4n) is 2.33. The summed E-state index contributed by atoms with van der Waals surface area (Å²) in [6.07, 6.45) is 4.66. The standard InChI is InChI=1S/C12H22N4O2/c1-9-5-12(6-10(2)18-9)17-4-3-16-8-11(7-13)14-15-16/h8-10,12H,3-7,13H2,1-2H3. The molecule has 0 spiro atoms. The van der Waals surface area contributed by atoms with Gasteiger partial charge in [0.1, 0.15) is 0 Å². The van der Waals surface area contributed by atoms with Gasteiger partial charge in [-0.05, 0) is 26.7 Å². The second-order valence-electron chi connectivity index (χ2n) is 4.90. The van der Waals surface area contributed by atoms with Gasteiger partial charge in [-0.25, -0.2) is 4.68 Å². The summed E-state index contributed by atoms with van der Waals surface area (Å²) >= 11 is 0. The van der Waals surface area contributed by atoms with E-state index in [0.717, 1.165) is 18.5 Å². The topological polar surface area (TPSA) is 75.2 Å². The van der Waals surface area contributed by atoms with Crippen molar-refractivity contribution in [2.45, 2.75) is 58.1 Å². The van der Waals surface area contributed by atoms with E-state index < -0.39 is 0 Å². The Kier molecular flexibility index (Phi) is 4.68. The van der Waals surface area contributed by atoms with E-state index in [1.54, 1.807) is 4.68 Å². The van der Waals surface area contributed by atoms with Crippen molar-refractivity contribution < 1.29 is 9.47 Å². The van der Waals surface area contributed by atoms with E-state index in [9.17, 15) is 0 Å². The number of aromatic nitrogens is 3. The van der Waals surface area contributed by atoms with Crippen molar-refractivity contribution in [1.82, 2.24) is 15.0 Å². The number of nitrogens with two attached hydrogens (primary N) is 1. The Morgan fingerprint density at radius 3 is 2.78 bits per heavy atom. The van der Waals surface area contributed by atoms with Crippen LogP contribution in [0.25, 0.3) is 0 Å². The molecule has 2 unspecified atom stereocenters. The molecule has 2 N–H and O–H groups in total. The highest BCUT2D eigenvalue weighted by atomic mass is 16.5. The molecule has 1 aliphatic heterocycles. The van der Waals surface area contributed by atoms with Crippen LogP contribution < -0.4 is 5.73 Å². The normalized spacial score (nSPS) is 28.5. The van der Waals surface area contributed by atoms with E-state index in [0.29, 0.717) is 25.8 Å². The van der Waals surface area contributed by atoms with Crippen molar-refractivity contribution in [3.05, 3.63) is 11.9 Å². The van der Waals surface area contributed by atoms with Crippen LogP contribution in [0.4, 0.5) is 0 Å². The number of nitrogens with zero attached hydrogens (tertiary/aromatic N) is 3. The summed E-state index contributed by atoms with van der Waals surface area (Å²) in [5.74, 6) is 0. The van der Waals surface area contributed by atoms with Gasteiger partial charge in [0.15, 0.2) is 0 Å². The Morgan fingerprint density at radius 1 is 1.44 bits per heavy atom. The molecule has 2 rings (SSSR count). The fraction of sp³-hybridized carbons (Fsp3) is 0.833. The Hall–Kier alpha value is -0.980. The summed E-state index contributed by atoms with van der Waals surface area (Å²) in [5, 5.41) is 7.92. The third-order valence-corrected chi connectivity index (χ3v) is 3.12. The van der Waals surface area contributed by atoms with Gasteiger partial charge >= 0.3 is 0 Å². The van der Waals surface area contributed by atoms with Gasteiger partial charge < -0.3 is 15.2 Å². The van der Waals surface area contributed by atoms with E-state index in [-0.39, 0.29) is 12.2 Å². The van der Waals surface area contributed by atoms with Gasteiger partial charge in [-0.15, -0.1) is 5.10 Å². The van der Waals surface area contributed by atoms with Crippen LogP contribution in [0.15, 0.2) is 6.20 Å². The summed E-state index contributed by atoms with van der Waals surface area (Å²) in [7, 11) is 0. The third kappa shape index (κ3) is 3.76. The van der Waals surface area contributed by atoms with Crippen molar-refractivity contribution in [2.75, 3.05) is 6.61 Å². The monoisotopic (exact) mass is 254 g/mol. The molecule has 1 aromatic rings. The highest BCUT2D eigenvalue weighted by molar-refractivity contribution is 4.90. The molecule has 0 aliphatic carbocycles. The van der Waals surface area contributed by atoms with Crippen molar-refractivity contribution in [2.24, 2.45) is 5.73 Å². The first-order valence-electron chi connectivity index (χ1n) is 6.53. The number of rotatable bonds is 5. The van der Waals surface area contributed by atoms with E-state index >= 15 is 0 Å². The smallest absolute Gasteiger partial charge is 0.0962 e. The van der Waals surface area contributed by atoms with Crippen LogP contribution in [0.1, 0.15) is 32.4 Å². The quantitative estimate of drug-likeness (QED) is 0.837. The summed E-state index contributed by atoms with van der Waals surface area (Å²) < 4.78 is 13.3. The lowest BCUT2D eigenvalue weighted by Gasteiger charge is -2.31. The molecule has 0 bridgehead atoms. The largest absolute Gasteiger partial charge is 0.376 e. The van der Waals surface area contributed by atoms with Crippen LogP contribution >= 0.6 is 0 Å². The lowest BCUT2D eigenvalue weighted by atomic mass is 10.0. The molecule has 1 fully saturated rings. The molecule has 0 aromatic carbocycles. The van der Waals surface area contributed by atoms with E-state index in [4.69, 9.17) is 15.2 Å². The Labute approximate surface area is 107 Å². The lowest BCUT2D eigenvalue weighted by Crippen LogP contribution is -2.34. The average Bonchev–Trinajstić information content (AvgIpc) is 2.76. The molecule has 6 heteroatoms. The first kappa shape index (κ1) is 13.5. The summed E-state index contributed by atoms with van der Waals surface area (Å²) in [6.45, 7) is 5.98. The third-order valence-electron chi connectivity index (χ3n) is 3.12. The van der Waals surface area contributed by atoms with Gasteiger partial charge in [0, 0.05) is 12.7 Å². The molecule has 0 radical (unpaired) electrons. The lowest BCUT2D eigenvalue weighted by molar-refractivity contribution is -0.103. The van der Waals surface area contributed by atoms with Gasteiger partial charge in [-0.3, -0.25) is 0 Å². The second kappa shape index (κ2) is 6.26. The summed E-state index contributed by atoms with van der Waals surface area (Å²) in [4.78, 5) is 0. The van der Waals surface area contributed by atoms with Gasteiger partial charge in [0.25, 0.3) is 0 Å². The van der Waals surface area contributed by atoms with E-state index in [1.165, 1.54) is 0 Å². The molecule has 2 heterocycles. The summed E-state index contributed by atoms with van der Waals surface area (Å²) in [6, 6.07) is 0. The van der Waals surface area contributed by atoms with Crippen LogP contribution in [0.5, 0.6) is 0 Å². The Bertz CT molecular complexity index is 359. The van der Waals surface area contributed by atoms with Crippen molar-refractivity contribution >= 4 is 0 Å². The summed E-state index contributed by atoms with van der Waals surface area (Å²) in [5.41, 5.74) is 6.29. The zero-order chi connectivity index (χ0) is 13.0. The fourth-order valence-corrected chi connectivity index (χ4v) is 2.33. The van der Waals surface area contributed by atoms with Gasteiger partial charge in [0.05, 0.1) is 37.2 Å². The van der Waals surface area contributed by atoms with Crippen molar-refractivity contribution in [3.63, 3.8) is 0 Å². The van der Waals surface area contributed by atoms with Gasteiger partial charge in [-0.1, -0.05) is 5.21 Å². The first-order chi connectivity index (χ1) is 8.67. The number of ether oxygens (including phenoxy) is 2. The SMILES string of the molecule is CC1CC(OCCn2cc(CN)nn2)CC(C)O1. The van der Waals surface area contributed by atoms with Crippen LogP contribution in [0.2, 0.25) is 0 Å². The van der Waals surface area contributed by atoms with E-state index in [1.807, 2.05) is 6.20 Å².